The van der Waals surface area contributed by atoms with Crippen LogP contribution in [0.3, 0.4) is 0 Å². The van der Waals surface area contributed by atoms with Crippen LogP contribution in [0.25, 0.3) is 0 Å². The lowest BCUT2D eigenvalue weighted by molar-refractivity contribution is 1.16. The zero-order valence-corrected chi connectivity index (χ0v) is 8.04. The van der Waals surface area contributed by atoms with Gasteiger partial charge in [0, 0.05) is 18.0 Å². The first-order valence-corrected chi connectivity index (χ1v) is 4.27. The Kier molecular flexibility index (Phi) is 2.84. The molecule has 0 radical (unpaired) electrons. The number of nitrogens with zero attached hydrogens (tertiary/aromatic N) is 1. The van der Waals surface area contributed by atoms with Gasteiger partial charge in [0.2, 0.25) is 0 Å². The van der Waals surface area contributed by atoms with E-state index in [1.165, 1.54) is 5.56 Å². The standard InChI is InChI=1S/C8H13N2P/c1-3-9-8-7(11)4-6(2)5-10-8/h4-5H,3,11H2,1-2H3,(H,9,10). The molecule has 0 spiro atoms. The van der Waals surface area contributed by atoms with Crippen LogP contribution in [-0.2, 0) is 0 Å². The van der Waals surface area contributed by atoms with Crippen molar-refractivity contribution < 1.29 is 0 Å². The molecular formula is C8H13N2P. The van der Waals surface area contributed by atoms with E-state index in [9.17, 15) is 0 Å². The highest BCUT2D eigenvalue weighted by Crippen LogP contribution is 2.04. The summed E-state index contributed by atoms with van der Waals surface area (Å²) in [4.78, 5) is 4.24. The van der Waals surface area contributed by atoms with Crippen molar-refractivity contribution in [2.24, 2.45) is 0 Å². The Morgan fingerprint density at radius 1 is 1.64 bits per heavy atom. The van der Waals surface area contributed by atoms with Gasteiger partial charge >= 0.3 is 0 Å². The van der Waals surface area contributed by atoms with E-state index in [1.807, 2.05) is 13.1 Å². The molecule has 1 N–H and O–H groups in total. The predicted molar refractivity (Wildman–Crippen MR) is 52.5 cm³/mol. The number of anilines is 1. The molecule has 0 amide bonds. The van der Waals surface area contributed by atoms with Crippen molar-refractivity contribution in [1.82, 2.24) is 4.98 Å². The van der Waals surface area contributed by atoms with Gasteiger partial charge in [0.1, 0.15) is 5.82 Å². The third-order valence-electron chi connectivity index (χ3n) is 1.40. The van der Waals surface area contributed by atoms with Gasteiger partial charge in [-0.1, -0.05) is 0 Å². The average Bonchev–Trinajstić information content (AvgIpc) is 1.95. The summed E-state index contributed by atoms with van der Waals surface area (Å²) in [7, 11) is 2.67. The number of rotatable bonds is 2. The summed E-state index contributed by atoms with van der Waals surface area (Å²) in [6.07, 6.45) is 1.87. The molecule has 1 aromatic heterocycles. The fraction of sp³-hybridized carbons (Fsp3) is 0.375. The van der Waals surface area contributed by atoms with Crippen LogP contribution in [0.1, 0.15) is 12.5 Å². The molecule has 60 valence electrons. The SMILES string of the molecule is CCNc1ncc(C)cc1P. The van der Waals surface area contributed by atoms with Gasteiger partial charge in [0.05, 0.1) is 0 Å². The zero-order chi connectivity index (χ0) is 8.27. The number of aryl methyl sites for hydroxylation is 1. The maximum absolute atomic E-state index is 4.24. The summed E-state index contributed by atoms with van der Waals surface area (Å²) in [6.45, 7) is 5.01. The number of hydrogen-bond donors (Lipinski definition) is 1. The second kappa shape index (κ2) is 3.68. The van der Waals surface area contributed by atoms with Crippen LogP contribution in [0.2, 0.25) is 0 Å². The van der Waals surface area contributed by atoms with Gasteiger partial charge in [-0.25, -0.2) is 4.98 Å². The number of hydrogen-bond acceptors (Lipinski definition) is 2. The van der Waals surface area contributed by atoms with Gasteiger partial charge in [-0.15, -0.1) is 9.24 Å². The highest BCUT2D eigenvalue weighted by Gasteiger charge is 1.96. The molecule has 0 aromatic carbocycles. The van der Waals surface area contributed by atoms with E-state index < -0.39 is 0 Å². The van der Waals surface area contributed by atoms with E-state index in [0.29, 0.717) is 0 Å². The normalized spacial score (nSPS) is 9.73. The fourth-order valence-corrected chi connectivity index (χ4v) is 1.35. The van der Waals surface area contributed by atoms with Crippen molar-refractivity contribution >= 4 is 20.4 Å². The molecule has 1 rings (SSSR count). The summed E-state index contributed by atoms with van der Waals surface area (Å²) < 4.78 is 0. The number of pyridine rings is 1. The quantitative estimate of drug-likeness (QED) is 0.674. The molecule has 0 bridgehead atoms. The van der Waals surface area contributed by atoms with Crippen LogP contribution in [0.4, 0.5) is 5.82 Å². The second-order valence-corrected chi connectivity index (χ2v) is 3.10. The van der Waals surface area contributed by atoms with Crippen molar-refractivity contribution in [2.45, 2.75) is 13.8 Å². The van der Waals surface area contributed by atoms with Crippen LogP contribution in [0, 0.1) is 6.92 Å². The van der Waals surface area contributed by atoms with Gasteiger partial charge in [0.25, 0.3) is 0 Å². The van der Waals surface area contributed by atoms with Gasteiger partial charge < -0.3 is 5.32 Å². The molecule has 1 unspecified atom stereocenters. The van der Waals surface area contributed by atoms with Crippen LogP contribution in [0.15, 0.2) is 12.3 Å². The van der Waals surface area contributed by atoms with E-state index in [0.717, 1.165) is 17.7 Å². The van der Waals surface area contributed by atoms with Gasteiger partial charge in [-0.3, -0.25) is 0 Å². The summed E-state index contributed by atoms with van der Waals surface area (Å²) in [6, 6.07) is 2.09. The maximum Gasteiger partial charge on any atom is 0.133 e. The van der Waals surface area contributed by atoms with Crippen molar-refractivity contribution in [3.8, 4) is 0 Å². The number of aromatic nitrogens is 1. The molecule has 2 nitrogen and oxygen atoms in total. The molecule has 0 fully saturated rings. The molecule has 0 aliphatic heterocycles. The van der Waals surface area contributed by atoms with E-state index in [2.05, 4.69) is 32.5 Å². The van der Waals surface area contributed by atoms with Crippen LogP contribution >= 0.6 is 9.24 Å². The lowest BCUT2D eigenvalue weighted by Crippen LogP contribution is -2.08. The van der Waals surface area contributed by atoms with E-state index in [-0.39, 0.29) is 0 Å². The van der Waals surface area contributed by atoms with Crippen molar-refractivity contribution in [1.29, 1.82) is 0 Å². The zero-order valence-electron chi connectivity index (χ0n) is 6.89. The molecule has 0 aliphatic carbocycles. The Morgan fingerprint density at radius 3 is 2.91 bits per heavy atom. The Hall–Kier alpha value is -0.620. The Balaban J connectivity index is 2.90. The largest absolute Gasteiger partial charge is 0.370 e. The molecule has 11 heavy (non-hydrogen) atoms. The highest BCUT2D eigenvalue weighted by molar-refractivity contribution is 7.28. The lowest BCUT2D eigenvalue weighted by atomic mass is 10.3. The molecule has 3 heteroatoms. The van der Waals surface area contributed by atoms with Crippen molar-refractivity contribution in [2.75, 3.05) is 11.9 Å². The molecule has 0 saturated heterocycles. The minimum Gasteiger partial charge on any atom is -0.370 e. The summed E-state index contributed by atoms with van der Waals surface area (Å²) >= 11 is 0. The highest BCUT2D eigenvalue weighted by atomic mass is 31.0. The van der Waals surface area contributed by atoms with E-state index in [1.54, 1.807) is 0 Å². The molecule has 1 atom stereocenters. The Labute approximate surface area is 69.6 Å². The summed E-state index contributed by atoms with van der Waals surface area (Å²) in [5.41, 5.74) is 1.19. The molecule has 1 heterocycles. The topological polar surface area (TPSA) is 24.9 Å². The van der Waals surface area contributed by atoms with E-state index >= 15 is 0 Å². The summed E-state index contributed by atoms with van der Waals surface area (Å²) in [5.74, 6) is 0.961. The van der Waals surface area contributed by atoms with Crippen molar-refractivity contribution in [3.05, 3.63) is 17.8 Å². The first-order chi connectivity index (χ1) is 5.24. The predicted octanol–water partition coefficient (Wildman–Crippen LogP) is 1.32. The molecule has 1 aromatic rings. The monoisotopic (exact) mass is 168 g/mol. The Morgan fingerprint density at radius 2 is 2.36 bits per heavy atom. The minimum atomic E-state index is 0.914. The smallest absolute Gasteiger partial charge is 0.133 e. The number of nitrogens with one attached hydrogen (secondary N) is 1. The average molecular weight is 168 g/mol. The first kappa shape index (κ1) is 8.48. The maximum atomic E-state index is 4.24. The van der Waals surface area contributed by atoms with Crippen LogP contribution in [0.5, 0.6) is 0 Å². The molecule has 0 saturated carbocycles. The van der Waals surface area contributed by atoms with Crippen LogP contribution < -0.4 is 10.6 Å². The van der Waals surface area contributed by atoms with Gasteiger partial charge in [-0.2, -0.15) is 0 Å². The minimum absolute atomic E-state index is 0.914. The summed E-state index contributed by atoms with van der Waals surface area (Å²) in [5, 5.41) is 4.30. The molecule has 0 aliphatic rings. The fourth-order valence-electron chi connectivity index (χ4n) is 0.907. The van der Waals surface area contributed by atoms with E-state index in [4.69, 9.17) is 0 Å². The molecular weight excluding hydrogens is 155 g/mol. The second-order valence-electron chi connectivity index (χ2n) is 2.48. The lowest BCUT2D eigenvalue weighted by Gasteiger charge is -2.05. The van der Waals surface area contributed by atoms with Crippen LogP contribution in [-0.4, -0.2) is 11.5 Å². The van der Waals surface area contributed by atoms with Gasteiger partial charge in [0.15, 0.2) is 0 Å². The first-order valence-electron chi connectivity index (χ1n) is 3.70. The van der Waals surface area contributed by atoms with Crippen molar-refractivity contribution in [3.63, 3.8) is 0 Å². The third kappa shape index (κ3) is 2.16. The third-order valence-corrected chi connectivity index (χ3v) is 1.84. The van der Waals surface area contributed by atoms with Gasteiger partial charge in [-0.05, 0) is 25.5 Å². The Bertz CT molecular complexity index is 248.